The van der Waals surface area contributed by atoms with Gasteiger partial charge < -0.3 is 5.32 Å². The van der Waals surface area contributed by atoms with Gasteiger partial charge >= 0.3 is 0 Å². The van der Waals surface area contributed by atoms with Gasteiger partial charge in [-0.15, -0.1) is 0 Å². The van der Waals surface area contributed by atoms with Crippen LogP contribution < -0.4 is 5.32 Å². The fourth-order valence-electron chi connectivity index (χ4n) is 3.36. The van der Waals surface area contributed by atoms with Crippen LogP contribution in [0.3, 0.4) is 0 Å². The summed E-state index contributed by atoms with van der Waals surface area (Å²) in [4.78, 5) is 0. The third kappa shape index (κ3) is 2.19. The second kappa shape index (κ2) is 5.34. The lowest BCUT2D eigenvalue weighted by molar-refractivity contribution is 0.812. The van der Waals surface area contributed by atoms with E-state index in [1.165, 1.54) is 33.3 Å². The molecule has 0 amide bonds. The number of fused-ring (bicyclic) bond motifs is 4. The van der Waals surface area contributed by atoms with Gasteiger partial charge in [0, 0.05) is 17.3 Å². The van der Waals surface area contributed by atoms with Gasteiger partial charge in [-0.3, -0.25) is 0 Å². The minimum absolute atomic E-state index is 0.467. The van der Waals surface area contributed by atoms with E-state index in [9.17, 15) is 0 Å². The van der Waals surface area contributed by atoms with E-state index in [1.807, 2.05) is 6.92 Å². The lowest BCUT2D eigenvalue weighted by Gasteiger charge is -2.17. The number of nitrogens with one attached hydrogen (secondary N) is 1. The quantitative estimate of drug-likeness (QED) is 0.698. The Hall–Kier alpha value is -2.54. The van der Waals surface area contributed by atoms with E-state index in [1.54, 1.807) is 0 Å². The van der Waals surface area contributed by atoms with Crippen LogP contribution in [0, 0.1) is 0 Å². The van der Waals surface area contributed by atoms with Crippen molar-refractivity contribution in [1.82, 2.24) is 0 Å². The van der Waals surface area contributed by atoms with Gasteiger partial charge in [0.2, 0.25) is 0 Å². The van der Waals surface area contributed by atoms with Crippen molar-refractivity contribution in [2.24, 2.45) is 0 Å². The maximum Gasteiger partial charge on any atom is 0.0427 e. The lowest BCUT2D eigenvalue weighted by atomic mass is 9.87. The van der Waals surface area contributed by atoms with Gasteiger partial charge in [-0.05, 0) is 53.5 Å². The van der Waals surface area contributed by atoms with Gasteiger partial charge in [0.25, 0.3) is 0 Å². The van der Waals surface area contributed by atoms with Crippen molar-refractivity contribution in [3.05, 3.63) is 89.7 Å². The molecule has 0 bridgehead atoms. The molecule has 1 unspecified atom stereocenters. The molecular weight excluding hydrogens is 266 g/mol. The van der Waals surface area contributed by atoms with Crippen molar-refractivity contribution in [2.45, 2.75) is 19.3 Å². The summed E-state index contributed by atoms with van der Waals surface area (Å²) in [6.07, 6.45) is 14.0. The van der Waals surface area contributed by atoms with Crippen LogP contribution in [0.4, 0.5) is 5.69 Å². The third-order valence-electron chi connectivity index (χ3n) is 4.48. The molecule has 2 aromatic carbocycles. The first kappa shape index (κ1) is 13.1. The Bertz CT molecular complexity index is 849. The molecule has 1 atom stereocenters. The van der Waals surface area contributed by atoms with Gasteiger partial charge in [-0.1, -0.05) is 54.6 Å². The molecule has 1 heterocycles. The van der Waals surface area contributed by atoms with Crippen LogP contribution in [0.2, 0.25) is 0 Å². The Labute approximate surface area is 131 Å². The molecule has 2 aliphatic rings. The fraction of sp³-hybridized carbons (Fsp3) is 0.143. The normalized spacial score (nSPS) is 20.0. The standard InChI is InChI=1S/C21H19N/c1-2-3-4-7-15-10-11-20-18(12-15)19-13-16-8-5-6-9-17(16)14-21(19)22-20/h2-11,13-14,18,22H,12H2,1H3/b3-2-,7-4-. The molecule has 108 valence electrons. The predicted molar refractivity (Wildman–Crippen MR) is 95.0 cm³/mol. The SMILES string of the molecule is C/C=C\C=C/C1=CC=C2Nc3cc4ccccc4cc3C2C1. The number of rotatable bonds is 2. The van der Waals surface area contributed by atoms with Crippen molar-refractivity contribution < 1.29 is 0 Å². The van der Waals surface area contributed by atoms with Crippen molar-refractivity contribution in [2.75, 3.05) is 5.32 Å². The van der Waals surface area contributed by atoms with E-state index in [2.05, 4.69) is 78.2 Å². The first-order chi connectivity index (χ1) is 10.8. The molecule has 1 heteroatoms. The zero-order valence-corrected chi connectivity index (χ0v) is 12.7. The van der Waals surface area contributed by atoms with Crippen molar-refractivity contribution in [3.8, 4) is 0 Å². The molecule has 0 aromatic heterocycles. The van der Waals surface area contributed by atoms with E-state index < -0.39 is 0 Å². The van der Waals surface area contributed by atoms with Crippen LogP contribution in [-0.2, 0) is 0 Å². The second-order valence-electron chi connectivity index (χ2n) is 5.92. The second-order valence-corrected chi connectivity index (χ2v) is 5.92. The van der Waals surface area contributed by atoms with Gasteiger partial charge in [0.05, 0.1) is 0 Å². The summed E-state index contributed by atoms with van der Waals surface area (Å²) < 4.78 is 0. The minimum atomic E-state index is 0.467. The summed E-state index contributed by atoms with van der Waals surface area (Å²) in [5, 5.41) is 6.22. The van der Waals surface area contributed by atoms with Gasteiger partial charge in [-0.2, -0.15) is 0 Å². The molecule has 4 rings (SSSR count). The molecule has 2 aromatic rings. The fourth-order valence-corrected chi connectivity index (χ4v) is 3.36. The van der Waals surface area contributed by atoms with Crippen LogP contribution in [0.1, 0.15) is 24.8 Å². The largest absolute Gasteiger partial charge is 0.358 e. The summed E-state index contributed by atoms with van der Waals surface area (Å²) >= 11 is 0. The number of allylic oxidation sites excluding steroid dienone is 8. The summed E-state index contributed by atoms with van der Waals surface area (Å²) in [5.74, 6) is 0.467. The Morgan fingerprint density at radius 2 is 1.86 bits per heavy atom. The molecule has 1 nitrogen and oxygen atoms in total. The highest BCUT2D eigenvalue weighted by atomic mass is 14.9. The number of anilines is 1. The smallest absolute Gasteiger partial charge is 0.0427 e. The summed E-state index contributed by atoms with van der Waals surface area (Å²) in [5.41, 5.74) is 5.40. The molecule has 0 saturated carbocycles. The van der Waals surface area contributed by atoms with Crippen molar-refractivity contribution >= 4 is 16.5 Å². The zero-order valence-electron chi connectivity index (χ0n) is 12.7. The molecule has 22 heavy (non-hydrogen) atoms. The Balaban J connectivity index is 1.71. The van der Waals surface area contributed by atoms with Crippen LogP contribution in [0.5, 0.6) is 0 Å². The lowest BCUT2D eigenvalue weighted by Crippen LogP contribution is -2.04. The van der Waals surface area contributed by atoms with E-state index in [-0.39, 0.29) is 0 Å². The zero-order chi connectivity index (χ0) is 14.9. The Kier molecular flexibility index (Phi) is 3.19. The topological polar surface area (TPSA) is 12.0 Å². The minimum Gasteiger partial charge on any atom is -0.358 e. The van der Waals surface area contributed by atoms with Crippen LogP contribution in [-0.4, -0.2) is 0 Å². The molecule has 0 saturated heterocycles. The first-order valence-electron chi connectivity index (χ1n) is 7.85. The highest BCUT2D eigenvalue weighted by Crippen LogP contribution is 2.45. The summed E-state index contributed by atoms with van der Waals surface area (Å²) in [6.45, 7) is 2.04. The van der Waals surface area contributed by atoms with E-state index in [4.69, 9.17) is 0 Å². The highest BCUT2D eigenvalue weighted by Gasteiger charge is 2.29. The maximum absolute atomic E-state index is 3.59. The molecule has 1 N–H and O–H groups in total. The summed E-state index contributed by atoms with van der Waals surface area (Å²) in [6, 6.07) is 13.2. The van der Waals surface area contributed by atoms with Gasteiger partial charge in [0.15, 0.2) is 0 Å². The molecule has 0 fully saturated rings. The van der Waals surface area contributed by atoms with E-state index in [0.29, 0.717) is 5.92 Å². The maximum atomic E-state index is 3.59. The monoisotopic (exact) mass is 285 g/mol. The average Bonchev–Trinajstić information content (AvgIpc) is 2.90. The third-order valence-corrected chi connectivity index (χ3v) is 4.48. The molecule has 0 spiro atoms. The van der Waals surface area contributed by atoms with Crippen LogP contribution in [0.25, 0.3) is 10.8 Å². The van der Waals surface area contributed by atoms with Crippen molar-refractivity contribution in [3.63, 3.8) is 0 Å². The van der Waals surface area contributed by atoms with E-state index >= 15 is 0 Å². The summed E-state index contributed by atoms with van der Waals surface area (Å²) in [7, 11) is 0. The molecular formula is C21H19N. The van der Waals surface area contributed by atoms with Gasteiger partial charge in [-0.25, -0.2) is 0 Å². The number of hydrogen-bond acceptors (Lipinski definition) is 1. The predicted octanol–water partition coefficient (Wildman–Crippen LogP) is 5.70. The van der Waals surface area contributed by atoms with Gasteiger partial charge in [0.1, 0.15) is 0 Å². The first-order valence-corrected chi connectivity index (χ1v) is 7.85. The Morgan fingerprint density at radius 3 is 2.68 bits per heavy atom. The molecule has 1 aliphatic heterocycles. The van der Waals surface area contributed by atoms with Crippen LogP contribution >= 0.6 is 0 Å². The molecule has 1 aliphatic carbocycles. The average molecular weight is 285 g/mol. The Morgan fingerprint density at radius 1 is 1.05 bits per heavy atom. The van der Waals surface area contributed by atoms with Crippen molar-refractivity contribution in [1.29, 1.82) is 0 Å². The van der Waals surface area contributed by atoms with E-state index in [0.717, 1.165) is 6.42 Å². The highest BCUT2D eigenvalue weighted by molar-refractivity contribution is 5.89. The number of hydrogen-bond donors (Lipinski definition) is 1. The van der Waals surface area contributed by atoms with Crippen LogP contribution in [0.15, 0.2) is 84.1 Å². The molecule has 0 radical (unpaired) electrons. The number of benzene rings is 2.